The van der Waals surface area contributed by atoms with Gasteiger partial charge in [-0.3, -0.25) is 9.80 Å². The maximum atomic E-state index is 10.2. The number of hydrogen-bond acceptors (Lipinski definition) is 3. The predicted octanol–water partition coefficient (Wildman–Crippen LogP) is 1.56. The minimum atomic E-state index is -0.103. The Bertz CT molecular complexity index is 247. The second-order valence-corrected chi connectivity index (χ2v) is 6.37. The molecule has 1 saturated carbocycles. The van der Waals surface area contributed by atoms with Gasteiger partial charge < -0.3 is 5.11 Å². The number of nitrogens with zero attached hydrogens (tertiary/aromatic N) is 2. The van der Waals surface area contributed by atoms with Gasteiger partial charge in [0.1, 0.15) is 0 Å². The summed E-state index contributed by atoms with van der Waals surface area (Å²) in [7, 11) is 2.21. The topological polar surface area (TPSA) is 26.7 Å². The fourth-order valence-corrected chi connectivity index (χ4v) is 3.44. The van der Waals surface area contributed by atoms with Crippen LogP contribution < -0.4 is 0 Å². The lowest BCUT2D eigenvalue weighted by Crippen LogP contribution is -2.60. The van der Waals surface area contributed by atoms with Crippen molar-refractivity contribution in [3.8, 4) is 0 Å². The Balaban J connectivity index is 2.01. The van der Waals surface area contributed by atoms with Crippen molar-refractivity contribution >= 4 is 0 Å². The van der Waals surface area contributed by atoms with Crippen molar-refractivity contribution in [1.82, 2.24) is 9.80 Å². The monoisotopic (exact) mass is 240 g/mol. The van der Waals surface area contributed by atoms with Gasteiger partial charge in [0.2, 0.25) is 0 Å². The van der Waals surface area contributed by atoms with Crippen molar-refractivity contribution in [3.63, 3.8) is 0 Å². The van der Waals surface area contributed by atoms with E-state index >= 15 is 0 Å². The van der Waals surface area contributed by atoms with Gasteiger partial charge in [-0.15, -0.1) is 0 Å². The van der Waals surface area contributed by atoms with E-state index in [0.717, 1.165) is 25.4 Å². The van der Waals surface area contributed by atoms with Crippen LogP contribution in [0.15, 0.2) is 0 Å². The zero-order valence-corrected chi connectivity index (χ0v) is 11.8. The fourth-order valence-electron chi connectivity index (χ4n) is 3.44. The molecule has 0 spiro atoms. The highest BCUT2D eigenvalue weighted by Crippen LogP contribution is 2.29. The molecular formula is C14H28N2O. The molecule has 1 aliphatic heterocycles. The normalized spacial score (nSPS) is 46.1. The second kappa shape index (κ2) is 5.25. The molecule has 3 nitrogen and oxygen atoms in total. The fraction of sp³-hybridized carbons (Fsp3) is 1.00. The molecule has 5 atom stereocenters. The average molecular weight is 240 g/mol. The summed E-state index contributed by atoms with van der Waals surface area (Å²) >= 11 is 0. The molecule has 5 unspecified atom stereocenters. The zero-order valence-electron chi connectivity index (χ0n) is 11.8. The second-order valence-electron chi connectivity index (χ2n) is 6.37. The summed E-state index contributed by atoms with van der Waals surface area (Å²) in [6.07, 6.45) is 3.25. The van der Waals surface area contributed by atoms with Crippen LogP contribution in [0, 0.1) is 5.92 Å². The Morgan fingerprint density at radius 2 is 1.59 bits per heavy atom. The summed E-state index contributed by atoms with van der Waals surface area (Å²) < 4.78 is 0. The largest absolute Gasteiger partial charge is 0.391 e. The molecule has 0 amide bonds. The third-order valence-electron chi connectivity index (χ3n) is 4.90. The summed E-state index contributed by atoms with van der Waals surface area (Å²) in [4.78, 5) is 4.99. The standard InChI is InChI=1S/C14H28N2O/c1-10-5-6-14(17)13(7-10)16-8-11(2)15(4)12(3)9-16/h10-14,17H,5-9H2,1-4H3. The maximum Gasteiger partial charge on any atom is 0.0695 e. The minimum absolute atomic E-state index is 0.103. The van der Waals surface area contributed by atoms with Gasteiger partial charge in [-0.2, -0.15) is 0 Å². The Kier molecular flexibility index (Phi) is 4.11. The summed E-state index contributed by atoms with van der Waals surface area (Å²) in [5, 5.41) is 10.2. The molecule has 3 heteroatoms. The van der Waals surface area contributed by atoms with E-state index in [-0.39, 0.29) is 6.10 Å². The van der Waals surface area contributed by atoms with E-state index in [9.17, 15) is 5.11 Å². The molecule has 2 aliphatic rings. The first-order chi connectivity index (χ1) is 7.99. The van der Waals surface area contributed by atoms with Crippen molar-refractivity contribution in [2.75, 3.05) is 20.1 Å². The number of hydrogen-bond donors (Lipinski definition) is 1. The minimum Gasteiger partial charge on any atom is -0.391 e. The zero-order chi connectivity index (χ0) is 12.6. The van der Waals surface area contributed by atoms with Crippen molar-refractivity contribution < 1.29 is 5.11 Å². The van der Waals surface area contributed by atoms with Gasteiger partial charge in [0.05, 0.1) is 6.10 Å². The number of aliphatic hydroxyl groups excluding tert-OH is 1. The third kappa shape index (κ3) is 2.83. The van der Waals surface area contributed by atoms with Crippen LogP contribution in [0.2, 0.25) is 0 Å². The Labute approximate surface area is 106 Å². The summed E-state index contributed by atoms with van der Waals surface area (Å²) in [5.41, 5.74) is 0. The molecule has 0 aromatic carbocycles. The Morgan fingerprint density at radius 1 is 1.00 bits per heavy atom. The van der Waals surface area contributed by atoms with E-state index in [4.69, 9.17) is 0 Å². The van der Waals surface area contributed by atoms with E-state index in [0.29, 0.717) is 18.1 Å². The van der Waals surface area contributed by atoms with Gasteiger partial charge in [0.25, 0.3) is 0 Å². The molecule has 0 aromatic heterocycles. The molecule has 1 N–H and O–H groups in total. The van der Waals surface area contributed by atoms with Crippen LogP contribution in [0.5, 0.6) is 0 Å². The van der Waals surface area contributed by atoms with Crippen LogP contribution in [0.4, 0.5) is 0 Å². The van der Waals surface area contributed by atoms with Gasteiger partial charge in [0.15, 0.2) is 0 Å². The number of rotatable bonds is 1. The molecule has 1 saturated heterocycles. The SMILES string of the molecule is CC1CCC(O)C(N2CC(C)N(C)C(C)C2)C1. The molecule has 100 valence electrons. The van der Waals surface area contributed by atoms with Gasteiger partial charge in [0, 0.05) is 31.2 Å². The van der Waals surface area contributed by atoms with Crippen molar-refractivity contribution in [1.29, 1.82) is 0 Å². The number of piperazine rings is 1. The van der Waals surface area contributed by atoms with Crippen molar-refractivity contribution in [3.05, 3.63) is 0 Å². The maximum absolute atomic E-state index is 10.2. The molecule has 1 aliphatic carbocycles. The predicted molar refractivity (Wildman–Crippen MR) is 71.1 cm³/mol. The van der Waals surface area contributed by atoms with Crippen molar-refractivity contribution in [2.45, 2.75) is 64.3 Å². The third-order valence-corrected chi connectivity index (χ3v) is 4.90. The highest BCUT2D eigenvalue weighted by molar-refractivity contribution is 4.91. The Morgan fingerprint density at radius 3 is 2.18 bits per heavy atom. The first-order valence-corrected chi connectivity index (χ1v) is 7.13. The molecule has 1 heterocycles. The van der Waals surface area contributed by atoms with Gasteiger partial charge in [-0.25, -0.2) is 0 Å². The smallest absolute Gasteiger partial charge is 0.0695 e. The van der Waals surface area contributed by atoms with Crippen LogP contribution in [-0.4, -0.2) is 59.3 Å². The molecule has 17 heavy (non-hydrogen) atoms. The lowest BCUT2D eigenvalue weighted by atomic mass is 9.83. The van der Waals surface area contributed by atoms with Crippen LogP contribution >= 0.6 is 0 Å². The van der Waals surface area contributed by atoms with Gasteiger partial charge in [-0.1, -0.05) is 6.92 Å². The summed E-state index contributed by atoms with van der Waals surface area (Å²) in [6, 6.07) is 1.60. The van der Waals surface area contributed by atoms with Gasteiger partial charge >= 0.3 is 0 Å². The first kappa shape index (κ1) is 13.3. The van der Waals surface area contributed by atoms with E-state index in [1.54, 1.807) is 0 Å². The number of likely N-dealkylation sites (N-methyl/N-ethyl adjacent to an activating group) is 1. The molecule has 2 rings (SSSR count). The molecule has 0 aromatic rings. The van der Waals surface area contributed by atoms with Crippen LogP contribution in [0.25, 0.3) is 0 Å². The molecule has 0 bridgehead atoms. The molecular weight excluding hydrogens is 212 g/mol. The van der Waals surface area contributed by atoms with E-state index < -0.39 is 0 Å². The van der Waals surface area contributed by atoms with E-state index in [2.05, 4.69) is 37.6 Å². The lowest BCUT2D eigenvalue weighted by Gasteiger charge is -2.48. The first-order valence-electron chi connectivity index (χ1n) is 7.13. The molecule has 2 fully saturated rings. The highest BCUT2D eigenvalue weighted by Gasteiger charge is 2.36. The average Bonchev–Trinajstić information content (AvgIpc) is 2.28. The van der Waals surface area contributed by atoms with E-state index in [1.165, 1.54) is 12.8 Å². The summed E-state index contributed by atoms with van der Waals surface area (Å²) in [5.74, 6) is 0.772. The summed E-state index contributed by atoms with van der Waals surface area (Å²) in [6.45, 7) is 9.12. The highest BCUT2D eigenvalue weighted by atomic mass is 16.3. The lowest BCUT2D eigenvalue weighted by molar-refractivity contribution is -0.0388. The quantitative estimate of drug-likeness (QED) is 0.753. The van der Waals surface area contributed by atoms with Gasteiger partial charge in [-0.05, 0) is 46.1 Å². The van der Waals surface area contributed by atoms with Crippen LogP contribution in [0.1, 0.15) is 40.0 Å². The van der Waals surface area contributed by atoms with Crippen LogP contribution in [0.3, 0.4) is 0 Å². The number of aliphatic hydroxyl groups is 1. The van der Waals surface area contributed by atoms with E-state index in [1.807, 2.05) is 0 Å². The Hall–Kier alpha value is -0.120. The van der Waals surface area contributed by atoms with Crippen molar-refractivity contribution in [2.24, 2.45) is 5.92 Å². The van der Waals surface area contributed by atoms with Crippen LogP contribution in [-0.2, 0) is 0 Å². The molecule has 0 radical (unpaired) electrons.